The number of hydrogen-bond donors (Lipinski definition) is 1. The van der Waals surface area contributed by atoms with Crippen molar-refractivity contribution < 1.29 is 19.4 Å². The summed E-state index contributed by atoms with van der Waals surface area (Å²) in [4.78, 5) is 32.8. The molecule has 1 aromatic carbocycles. The maximum Gasteiger partial charge on any atom is 0.308 e. The van der Waals surface area contributed by atoms with Crippen LogP contribution in [0.4, 0.5) is 0 Å². The highest BCUT2D eigenvalue weighted by Gasteiger charge is 2.48. The number of carbonyl (C=O) groups excluding carboxylic acids is 1. The Kier molecular flexibility index (Phi) is 10.8. The summed E-state index contributed by atoms with van der Waals surface area (Å²) in [5.74, 6) is -0.517. The fraction of sp³-hybridized carbons (Fsp3) is 0.677. The van der Waals surface area contributed by atoms with Crippen LogP contribution in [0.1, 0.15) is 70.4 Å². The molecule has 0 spiro atoms. The van der Waals surface area contributed by atoms with Crippen molar-refractivity contribution >= 4 is 11.9 Å². The predicted octanol–water partition coefficient (Wildman–Crippen LogP) is 4.66. The molecule has 38 heavy (non-hydrogen) atoms. The zero-order valence-electron chi connectivity index (χ0n) is 24.4. The lowest BCUT2D eigenvalue weighted by atomic mass is 9.77. The molecule has 1 aromatic rings. The molecule has 3 atom stereocenters. The smallest absolute Gasteiger partial charge is 0.308 e. The molecule has 212 valence electrons. The van der Waals surface area contributed by atoms with Crippen LogP contribution in [0.5, 0.6) is 5.75 Å². The summed E-state index contributed by atoms with van der Waals surface area (Å²) in [5, 5.41) is 10.5. The fourth-order valence-corrected chi connectivity index (χ4v) is 6.14. The SMILES string of the molecule is CC=CC(C)(C)C[C@H]1C(C(=O)O)[C@@H](c2ccc3c(c2)CCO3)CN1CC(=O)N(CCCC)CCCN(C)C. The van der Waals surface area contributed by atoms with Crippen LogP contribution in [0.3, 0.4) is 0 Å². The van der Waals surface area contributed by atoms with Gasteiger partial charge in [0.2, 0.25) is 5.91 Å². The summed E-state index contributed by atoms with van der Waals surface area (Å²) < 4.78 is 5.70. The molecule has 2 aliphatic heterocycles. The summed E-state index contributed by atoms with van der Waals surface area (Å²) in [6.07, 6.45) is 8.66. The van der Waals surface area contributed by atoms with E-state index in [-0.39, 0.29) is 29.8 Å². The standard InChI is InChI=1S/C31H49N3O4/c1-7-9-16-33(17-10-15-32(5)6)28(35)22-34-21-25(23-11-12-27-24(19-23)13-18-38-27)29(30(36)37)26(34)20-31(3,4)14-8-2/h8,11-12,14,19,25-26,29H,7,9-10,13,15-18,20-22H2,1-6H3,(H,36,37)/t25-,26+,29?/m1/s1. The van der Waals surface area contributed by atoms with E-state index < -0.39 is 11.9 Å². The highest BCUT2D eigenvalue weighted by atomic mass is 16.5. The van der Waals surface area contributed by atoms with Gasteiger partial charge < -0.3 is 19.6 Å². The number of rotatable bonds is 14. The van der Waals surface area contributed by atoms with E-state index in [4.69, 9.17) is 4.74 Å². The summed E-state index contributed by atoms with van der Waals surface area (Å²) >= 11 is 0. The number of aliphatic carboxylic acids is 1. The normalized spacial score (nSPS) is 21.7. The number of amides is 1. The van der Waals surface area contributed by atoms with Crippen molar-refractivity contribution in [2.75, 3.05) is 53.4 Å². The first-order valence-corrected chi connectivity index (χ1v) is 14.3. The third-order valence-corrected chi connectivity index (χ3v) is 8.03. The topological polar surface area (TPSA) is 73.3 Å². The second kappa shape index (κ2) is 13.6. The van der Waals surface area contributed by atoms with Gasteiger partial charge in [-0.3, -0.25) is 14.5 Å². The first-order valence-electron chi connectivity index (χ1n) is 14.3. The Hall–Kier alpha value is -2.38. The molecule has 0 saturated carbocycles. The van der Waals surface area contributed by atoms with Crippen molar-refractivity contribution in [1.29, 1.82) is 0 Å². The second-order valence-corrected chi connectivity index (χ2v) is 12.0. The van der Waals surface area contributed by atoms with Gasteiger partial charge in [0.1, 0.15) is 5.75 Å². The third-order valence-electron chi connectivity index (χ3n) is 8.03. The van der Waals surface area contributed by atoms with Crippen molar-refractivity contribution in [3.05, 3.63) is 41.5 Å². The Morgan fingerprint density at radius 1 is 1.18 bits per heavy atom. The zero-order valence-corrected chi connectivity index (χ0v) is 24.4. The van der Waals surface area contributed by atoms with Gasteiger partial charge in [0.15, 0.2) is 0 Å². The molecule has 7 nitrogen and oxygen atoms in total. The molecule has 2 aliphatic rings. The third kappa shape index (κ3) is 7.82. The van der Waals surface area contributed by atoms with E-state index in [0.717, 1.165) is 62.2 Å². The number of fused-ring (bicyclic) bond motifs is 1. The Morgan fingerprint density at radius 3 is 2.58 bits per heavy atom. The van der Waals surface area contributed by atoms with Crippen LogP contribution < -0.4 is 4.74 Å². The van der Waals surface area contributed by atoms with Gasteiger partial charge in [-0.25, -0.2) is 0 Å². The molecule has 1 fully saturated rings. The highest BCUT2D eigenvalue weighted by Crippen LogP contribution is 2.43. The number of likely N-dealkylation sites (tertiary alicyclic amines) is 1. The number of allylic oxidation sites excluding steroid dienone is 2. The Morgan fingerprint density at radius 2 is 1.92 bits per heavy atom. The molecule has 0 aliphatic carbocycles. The maximum absolute atomic E-state index is 13.7. The second-order valence-electron chi connectivity index (χ2n) is 12.0. The highest BCUT2D eigenvalue weighted by molar-refractivity contribution is 5.79. The van der Waals surface area contributed by atoms with Crippen LogP contribution in [-0.4, -0.2) is 91.2 Å². The van der Waals surface area contributed by atoms with E-state index >= 15 is 0 Å². The number of hydrogen-bond acceptors (Lipinski definition) is 5. The van der Waals surface area contributed by atoms with E-state index in [1.807, 2.05) is 30.0 Å². The monoisotopic (exact) mass is 527 g/mol. The zero-order chi connectivity index (χ0) is 27.9. The fourth-order valence-electron chi connectivity index (χ4n) is 6.14. The average molecular weight is 528 g/mol. The molecule has 0 bridgehead atoms. The Balaban J connectivity index is 1.89. The average Bonchev–Trinajstić information content (AvgIpc) is 3.44. The number of nitrogens with zero attached hydrogens (tertiary/aromatic N) is 3. The number of carboxylic acid groups (broad SMARTS) is 1. The molecule has 1 N–H and O–H groups in total. The molecule has 0 aromatic heterocycles. The number of ether oxygens (including phenoxy) is 1. The van der Waals surface area contributed by atoms with Gasteiger partial charge >= 0.3 is 5.97 Å². The number of unbranched alkanes of at least 4 members (excludes halogenated alkanes) is 1. The van der Waals surface area contributed by atoms with Crippen molar-refractivity contribution in [3.63, 3.8) is 0 Å². The number of benzene rings is 1. The summed E-state index contributed by atoms with van der Waals surface area (Å²) in [6.45, 7) is 12.4. The van der Waals surface area contributed by atoms with Gasteiger partial charge in [-0.2, -0.15) is 0 Å². The van der Waals surface area contributed by atoms with Crippen molar-refractivity contribution in [2.45, 2.75) is 71.8 Å². The van der Waals surface area contributed by atoms with Crippen molar-refractivity contribution in [3.8, 4) is 5.75 Å². The van der Waals surface area contributed by atoms with E-state index in [2.05, 4.69) is 56.8 Å². The minimum Gasteiger partial charge on any atom is -0.493 e. The van der Waals surface area contributed by atoms with Crippen LogP contribution in [0.15, 0.2) is 30.4 Å². The van der Waals surface area contributed by atoms with Crippen LogP contribution >= 0.6 is 0 Å². The minimum absolute atomic E-state index is 0.109. The lowest BCUT2D eigenvalue weighted by Crippen LogP contribution is -2.46. The van der Waals surface area contributed by atoms with Crippen molar-refractivity contribution in [2.24, 2.45) is 11.3 Å². The Bertz CT molecular complexity index is 974. The molecule has 1 unspecified atom stereocenters. The van der Waals surface area contributed by atoms with E-state index in [1.165, 1.54) is 0 Å². The number of carboxylic acids is 1. The molecular formula is C31H49N3O4. The maximum atomic E-state index is 13.7. The van der Waals surface area contributed by atoms with Gasteiger partial charge in [0.05, 0.1) is 19.1 Å². The molecular weight excluding hydrogens is 478 g/mol. The van der Waals surface area contributed by atoms with E-state index in [9.17, 15) is 14.7 Å². The molecule has 1 saturated heterocycles. The molecule has 3 rings (SSSR count). The van der Waals surface area contributed by atoms with Crippen LogP contribution in [-0.2, 0) is 16.0 Å². The molecule has 0 radical (unpaired) electrons. The lowest BCUT2D eigenvalue weighted by molar-refractivity contribution is -0.144. The van der Waals surface area contributed by atoms with Gasteiger partial charge in [0.25, 0.3) is 0 Å². The minimum atomic E-state index is -0.781. The van der Waals surface area contributed by atoms with Gasteiger partial charge in [-0.15, -0.1) is 0 Å². The molecule has 1 amide bonds. The number of carbonyl (C=O) groups is 2. The summed E-state index contributed by atoms with van der Waals surface area (Å²) in [6, 6.07) is 5.92. The van der Waals surface area contributed by atoms with Crippen molar-refractivity contribution in [1.82, 2.24) is 14.7 Å². The summed E-state index contributed by atoms with van der Waals surface area (Å²) in [5.41, 5.74) is 2.01. The van der Waals surface area contributed by atoms with Crippen LogP contribution in [0.25, 0.3) is 0 Å². The Labute approximate surface area is 229 Å². The molecule has 7 heteroatoms. The van der Waals surface area contributed by atoms with Gasteiger partial charge in [-0.05, 0) is 69.4 Å². The van der Waals surface area contributed by atoms with Crippen LogP contribution in [0, 0.1) is 11.3 Å². The first kappa shape index (κ1) is 30.2. The van der Waals surface area contributed by atoms with E-state index in [0.29, 0.717) is 19.6 Å². The van der Waals surface area contributed by atoms with Gasteiger partial charge in [0, 0.05) is 38.0 Å². The first-order chi connectivity index (χ1) is 18.1. The summed E-state index contributed by atoms with van der Waals surface area (Å²) in [7, 11) is 4.10. The van der Waals surface area contributed by atoms with Gasteiger partial charge in [-0.1, -0.05) is 51.5 Å². The van der Waals surface area contributed by atoms with E-state index in [1.54, 1.807) is 0 Å². The van der Waals surface area contributed by atoms with Crippen LogP contribution in [0.2, 0.25) is 0 Å². The largest absolute Gasteiger partial charge is 0.493 e. The quantitative estimate of drug-likeness (QED) is 0.355. The predicted molar refractivity (Wildman–Crippen MR) is 153 cm³/mol. The molecule has 2 heterocycles. The lowest BCUT2D eigenvalue weighted by Gasteiger charge is -2.34.